The van der Waals surface area contributed by atoms with E-state index < -0.39 is 11.6 Å². The Morgan fingerprint density at radius 3 is 2.56 bits per heavy atom. The van der Waals surface area contributed by atoms with Crippen molar-refractivity contribution in [1.29, 1.82) is 0 Å². The molecule has 0 amide bonds. The molecule has 16 heavy (non-hydrogen) atoms. The highest BCUT2D eigenvalue weighted by Gasteiger charge is 2.30. The van der Waals surface area contributed by atoms with Gasteiger partial charge in [-0.25, -0.2) is 4.79 Å². The maximum absolute atomic E-state index is 11.2. The molecule has 1 aromatic rings. The van der Waals surface area contributed by atoms with E-state index in [0.29, 0.717) is 0 Å². The molecule has 88 valence electrons. The van der Waals surface area contributed by atoms with Crippen LogP contribution in [0.15, 0.2) is 28.7 Å². The van der Waals surface area contributed by atoms with Crippen LogP contribution in [0.3, 0.4) is 0 Å². The van der Waals surface area contributed by atoms with Crippen LogP contribution in [0.25, 0.3) is 0 Å². The first-order chi connectivity index (χ1) is 7.45. The van der Waals surface area contributed by atoms with Crippen molar-refractivity contribution in [3.05, 3.63) is 28.7 Å². The molecule has 4 nitrogen and oxygen atoms in total. The monoisotopic (exact) mass is 287 g/mol. The quantitative estimate of drug-likeness (QED) is 0.829. The topological polar surface area (TPSA) is 58.6 Å². The van der Waals surface area contributed by atoms with Crippen LogP contribution in [-0.4, -0.2) is 30.3 Å². The zero-order valence-electron chi connectivity index (χ0n) is 9.16. The van der Waals surface area contributed by atoms with Crippen LogP contribution >= 0.6 is 15.9 Å². The van der Waals surface area contributed by atoms with E-state index in [1.807, 2.05) is 24.3 Å². The summed E-state index contributed by atoms with van der Waals surface area (Å²) >= 11 is 3.32. The van der Waals surface area contributed by atoms with Gasteiger partial charge in [-0.05, 0) is 31.2 Å². The molecule has 1 unspecified atom stereocenters. The Bertz CT molecular complexity index is 362. The summed E-state index contributed by atoms with van der Waals surface area (Å²) in [6, 6.07) is 7.43. The summed E-state index contributed by atoms with van der Waals surface area (Å²) < 4.78 is 5.46. The van der Waals surface area contributed by atoms with Crippen molar-refractivity contribution < 1.29 is 14.6 Å². The maximum atomic E-state index is 11.2. The van der Waals surface area contributed by atoms with Gasteiger partial charge < -0.3 is 15.2 Å². The molecule has 0 saturated carbocycles. The maximum Gasteiger partial charge on any atom is 0.339 e. The number of nitrogens with one attached hydrogen (secondary N) is 1. The summed E-state index contributed by atoms with van der Waals surface area (Å²) in [7, 11) is 1.25. The largest absolute Gasteiger partial charge is 0.467 e. The van der Waals surface area contributed by atoms with Gasteiger partial charge in [0.05, 0.1) is 13.7 Å². The first kappa shape index (κ1) is 13.0. The minimum Gasteiger partial charge on any atom is -0.467 e. The summed E-state index contributed by atoms with van der Waals surface area (Å²) in [5, 5.41) is 12.7. The normalized spacial score (nSPS) is 14.0. The predicted molar refractivity (Wildman–Crippen MR) is 65.3 cm³/mol. The van der Waals surface area contributed by atoms with Crippen LogP contribution in [-0.2, 0) is 9.53 Å². The van der Waals surface area contributed by atoms with E-state index in [1.165, 1.54) is 14.0 Å². The molecule has 5 heteroatoms. The van der Waals surface area contributed by atoms with Crippen LogP contribution in [0.2, 0.25) is 0 Å². The zero-order chi connectivity index (χ0) is 12.2. The number of rotatable bonds is 4. The summed E-state index contributed by atoms with van der Waals surface area (Å²) in [4.78, 5) is 11.2. The Morgan fingerprint density at radius 2 is 2.06 bits per heavy atom. The minimum atomic E-state index is -1.53. The molecule has 0 spiro atoms. The molecule has 0 radical (unpaired) electrons. The number of ether oxygens (including phenoxy) is 1. The molecule has 0 fully saturated rings. The number of carbonyl (C=O) groups is 1. The first-order valence-electron chi connectivity index (χ1n) is 4.76. The Morgan fingerprint density at radius 1 is 1.50 bits per heavy atom. The van der Waals surface area contributed by atoms with Gasteiger partial charge in [-0.2, -0.15) is 0 Å². The third kappa shape index (κ3) is 3.50. The summed E-state index contributed by atoms with van der Waals surface area (Å²) in [6.45, 7) is 1.51. The highest BCUT2D eigenvalue weighted by Crippen LogP contribution is 2.15. The SMILES string of the molecule is COC(=O)C(C)(O)CNc1ccc(Br)cc1. The van der Waals surface area contributed by atoms with E-state index in [9.17, 15) is 9.90 Å². The number of hydrogen-bond acceptors (Lipinski definition) is 4. The van der Waals surface area contributed by atoms with E-state index in [1.54, 1.807) is 0 Å². The number of methoxy groups -OCH3 is 1. The van der Waals surface area contributed by atoms with E-state index in [2.05, 4.69) is 26.0 Å². The lowest BCUT2D eigenvalue weighted by Crippen LogP contribution is -2.42. The van der Waals surface area contributed by atoms with Crippen molar-refractivity contribution in [2.75, 3.05) is 19.0 Å². The van der Waals surface area contributed by atoms with Gasteiger partial charge in [-0.1, -0.05) is 15.9 Å². The Kier molecular flexibility index (Phi) is 4.32. The number of anilines is 1. The van der Waals surface area contributed by atoms with E-state index in [4.69, 9.17) is 0 Å². The lowest BCUT2D eigenvalue weighted by molar-refractivity contribution is -0.158. The zero-order valence-corrected chi connectivity index (χ0v) is 10.7. The molecular weight excluding hydrogens is 274 g/mol. The molecule has 0 aliphatic heterocycles. The molecule has 0 aromatic heterocycles. The van der Waals surface area contributed by atoms with Crippen molar-refractivity contribution in [1.82, 2.24) is 0 Å². The van der Waals surface area contributed by atoms with Crippen LogP contribution < -0.4 is 5.32 Å². The number of halogens is 1. The van der Waals surface area contributed by atoms with Gasteiger partial charge in [-0.15, -0.1) is 0 Å². The molecule has 1 aromatic carbocycles. The molecule has 0 aliphatic rings. The van der Waals surface area contributed by atoms with Crippen molar-refractivity contribution >= 4 is 27.6 Å². The first-order valence-corrected chi connectivity index (χ1v) is 5.55. The second kappa shape index (κ2) is 5.32. The molecular formula is C11H14BrNO3. The fourth-order valence-electron chi connectivity index (χ4n) is 1.13. The number of hydrogen-bond donors (Lipinski definition) is 2. The average molecular weight is 288 g/mol. The second-order valence-corrected chi connectivity index (χ2v) is 4.54. The molecule has 0 heterocycles. The van der Waals surface area contributed by atoms with E-state index in [0.717, 1.165) is 10.2 Å². The molecule has 0 saturated heterocycles. The van der Waals surface area contributed by atoms with Crippen LogP contribution in [0.1, 0.15) is 6.92 Å². The third-order valence-corrected chi connectivity index (χ3v) is 2.63. The smallest absolute Gasteiger partial charge is 0.339 e. The molecule has 0 bridgehead atoms. The van der Waals surface area contributed by atoms with Crippen molar-refractivity contribution in [2.24, 2.45) is 0 Å². The van der Waals surface area contributed by atoms with E-state index in [-0.39, 0.29) is 6.54 Å². The highest BCUT2D eigenvalue weighted by atomic mass is 79.9. The van der Waals surface area contributed by atoms with Gasteiger partial charge in [0.25, 0.3) is 0 Å². The Labute approximate surface area is 103 Å². The second-order valence-electron chi connectivity index (χ2n) is 3.63. The lowest BCUT2D eigenvalue weighted by Gasteiger charge is -2.21. The molecule has 2 N–H and O–H groups in total. The Hall–Kier alpha value is -1.07. The lowest BCUT2D eigenvalue weighted by atomic mass is 10.1. The fourth-order valence-corrected chi connectivity index (χ4v) is 1.40. The van der Waals surface area contributed by atoms with Crippen molar-refractivity contribution in [2.45, 2.75) is 12.5 Å². The number of benzene rings is 1. The molecule has 1 rings (SSSR count). The number of esters is 1. The Balaban J connectivity index is 2.57. The van der Waals surface area contributed by atoms with Crippen molar-refractivity contribution in [3.8, 4) is 0 Å². The van der Waals surface area contributed by atoms with Crippen LogP contribution in [0.5, 0.6) is 0 Å². The van der Waals surface area contributed by atoms with Gasteiger partial charge in [-0.3, -0.25) is 0 Å². The summed E-state index contributed by atoms with van der Waals surface area (Å²) in [5.74, 6) is -0.655. The fraction of sp³-hybridized carbons (Fsp3) is 0.364. The summed E-state index contributed by atoms with van der Waals surface area (Å²) in [5.41, 5.74) is -0.700. The number of aliphatic hydroxyl groups is 1. The van der Waals surface area contributed by atoms with Gasteiger partial charge in [0.2, 0.25) is 0 Å². The van der Waals surface area contributed by atoms with Crippen LogP contribution in [0.4, 0.5) is 5.69 Å². The van der Waals surface area contributed by atoms with Gasteiger partial charge in [0.15, 0.2) is 5.60 Å². The third-order valence-electron chi connectivity index (χ3n) is 2.11. The highest BCUT2D eigenvalue weighted by molar-refractivity contribution is 9.10. The number of carbonyl (C=O) groups excluding carboxylic acids is 1. The van der Waals surface area contributed by atoms with Gasteiger partial charge in [0.1, 0.15) is 0 Å². The molecule has 0 aliphatic carbocycles. The molecule has 1 atom stereocenters. The predicted octanol–water partition coefficient (Wildman–Crippen LogP) is 1.78. The standard InChI is InChI=1S/C11H14BrNO3/c1-11(15,10(14)16-2)7-13-9-5-3-8(12)4-6-9/h3-6,13,15H,7H2,1-2H3. The van der Waals surface area contributed by atoms with Crippen LogP contribution in [0, 0.1) is 0 Å². The summed E-state index contributed by atoms with van der Waals surface area (Å²) in [6.07, 6.45) is 0. The minimum absolute atomic E-state index is 0.0985. The average Bonchev–Trinajstić information content (AvgIpc) is 2.27. The van der Waals surface area contributed by atoms with Crippen molar-refractivity contribution in [3.63, 3.8) is 0 Å². The van der Waals surface area contributed by atoms with E-state index >= 15 is 0 Å². The van der Waals surface area contributed by atoms with Gasteiger partial charge >= 0.3 is 5.97 Å². The van der Waals surface area contributed by atoms with Gasteiger partial charge in [0, 0.05) is 10.2 Å².